The normalized spacial score (nSPS) is 11.0. The highest BCUT2D eigenvalue weighted by Gasteiger charge is 2.26. The molecular weight excluding hydrogens is 318 g/mol. The van der Waals surface area contributed by atoms with Crippen molar-refractivity contribution in [2.24, 2.45) is 7.05 Å². The van der Waals surface area contributed by atoms with Crippen molar-refractivity contribution in [3.05, 3.63) is 40.9 Å². The number of hydrogen-bond donors (Lipinski definition) is 0. The van der Waals surface area contributed by atoms with E-state index in [1.54, 1.807) is 14.2 Å². The van der Waals surface area contributed by atoms with Crippen LogP contribution in [0.2, 0.25) is 0 Å². The number of fused-ring (bicyclic) bond motifs is 3. The molecule has 0 saturated heterocycles. The molecule has 3 nitrogen and oxygen atoms in total. The fraction of sp³-hybridized carbons (Fsp3) is 0.188. The van der Waals surface area contributed by atoms with Gasteiger partial charge in [-0.1, -0.05) is 12.1 Å². The highest BCUT2D eigenvalue weighted by Crippen LogP contribution is 2.40. The second-order valence-corrected chi connectivity index (χ2v) is 5.47. The van der Waals surface area contributed by atoms with Crippen LogP contribution in [-0.2, 0) is 7.05 Å². The van der Waals surface area contributed by atoms with Gasteiger partial charge in [-0.25, -0.2) is 0 Å². The summed E-state index contributed by atoms with van der Waals surface area (Å²) in [5.41, 5.74) is 3.44. The van der Waals surface area contributed by atoms with Crippen LogP contribution in [0.3, 0.4) is 0 Å². The van der Waals surface area contributed by atoms with Crippen molar-refractivity contribution in [3.8, 4) is 22.8 Å². The topological polar surface area (TPSA) is 22.3 Å². The van der Waals surface area contributed by atoms with E-state index in [2.05, 4.69) is 39.7 Å². The Hall–Kier alpha value is -1.81. The lowest BCUT2D eigenvalue weighted by molar-refractivity contribution is -0.631. The average molecular weight is 333 g/mol. The van der Waals surface area contributed by atoms with Crippen LogP contribution in [0.4, 0.5) is 0 Å². The molecule has 1 aromatic rings. The smallest absolute Gasteiger partial charge is 0.228 e. The van der Waals surface area contributed by atoms with E-state index in [-0.39, 0.29) is 0 Å². The zero-order valence-electron chi connectivity index (χ0n) is 11.6. The monoisotopic (exact) mass is 332 g/mol. The van der Waals surface area contributed by atoms with Gasteiger partial charge in [0, 0.05) is 12.1 Å². The quantitative estimate of drug-likeness (QED) is 0.669. The number of aryl methyl sites for hydroxylation is 1. The van der Waals surface area contributed by atoms with E-state index in [1.807, 2.05) is 24.3 Å². The molecule has 0 spiro atoms. The van der Waals surface area contributed by atoms with Gasteiger partial charge >= 0.3 is 0 Å². The van der Waals surface area contributed by atoms with Crippen LogP contribution in [0.5, 0.6) is 11.5 Å². The zero-order valence-corrected chi connectivity index (χ0v) is 13.2. The lowest BCUT2D eigenvalue weighted by Gasteiger charge is -2.02. The third-order valence-corrected chi connectivity index (χ3v) is 4.19. The van der Waals surface area contributed by atoms with Crippen molar-refractivity contribution in [2.75, 3.05) is 14.2 Å². The fourth-order valence-electron chi connectivity index (χ4n) is 2.63. The Morgan fingerprint density at radius 2 is 1.65 bits per heavy atom. The van der Waals surface area contributed by atoms with Crippen LogP contribution in [0.15, 0.2) is 40.9 Å². The van der Waals surface area contributed by atoms with E-state index >= 15 is 0 Å². The summed E-state index contributed by atoms with van der Waals surface area (Å²) in [4.78, 5) is 0. The predicted molar refractivity (Wildman–Crippen MR) is 82.6 cm³/mol. The van der Waals surface area contributed by atoms with Gasteiger partial charge in [0.2, 0.25) is 11.2 Å². The Morgan fingerprint density at radius 3 is 2.35 bits per heavy atom. The Labute approximate surface area is 126 Å². The number of aromatic nitrogens is 1. The molecule has 102 valence electrons. The van der Waals surface area contributed by atoms with Crippen LogP contribution in [-0.4, -0.2) is 14.2 Å². The number of methoxy groups -OCH3 is 2. The maximum Gasteiger partial charge on any atom is 0.228 e. The molecule has 2 aliphatic rings. The summed E-state index contributed by atoms with van der Waals surface area (Å²) in [7, 11) is 5.37. The van der Waals surface area contributed by atoms with Crippen molar-refractivity contribution >= 4 is 26.8 Å². The zero-order chi connectivity index (χ0) is 14.3. The molecule has 0 N–H and O–H groups in total. The number of para-hydroxylation sites is 1. The molecule has 1 aliphatic heterocycles. The third kappa shape index (κ3) is 1.83. The van der Waals surface area contributed by atoms with Crippen molar-refractivity contribution in [3.63, 3.8) is 0 Å². The van der Waals surface area contributed by atoms with Gasteiger partial charge in [0.1, 0.15) is 7.05 Å². The first-order valence-corrected chi connectivity index (χ1v) is 7.08. The number of benzene rings is 1. The molecule has 1 aromatic carbocycles. The molecule has 3 rings (SSSR count). The lowest BCUT2D eigenvalue weighted by Crippen LogP contribution is -2.28. The van der Waals surface area contributed by atoms with Crippen LogP contribution in [0.1, 0.15) is 0 Å². The van der Waals surface area contributed by atoms with Gasteiger partial charge in [-0.2, -0.15) is 4.57 Å². The number of nitrogens with zero attached hydrogens (tertiary/aromatic N) is 1. The van der Waals surface area contributed by atoms with E-state index in [4.69, 9.17) is 9.47 Å². The van der Waals surface area contributed by atoms with Crippen molar-refractivity contribution in [1.82, 2.24) is 0 Å². The summed E-state index contributed by atoms with van der Waals surface area (Å²) in [6, 6.07) is 12.3. The second kappa shape index (κ2) is 4.94. The molecule has 0 radical (unpaired) electrons. The van der Waals surface area contributed by atoms with E-state index in [0.29, 0.717) is 5.75 Å². The van der Waals surface area contributed by atoms with Gasteiger partial charge in [0.15, 0.2) is 11.5 Å². The first-order valence-electron chi connectivity index (χ1n) is 6.29. The Bertz CT molecular complexity index is 770. The van der Waals surface area contributed by atoms with Crippen molar-refractivity contribution < 1.29 is 14.0 Å². The van der Waals surface area contributed by atoms with E-state index in [1.165, 1.54) is 10.9 Å². The number of hydrogen-bond acceptors (Lipinski definition) is 2. The first kappa shape index (κ1) is 13.2. The van der Waals surface area contributed by atoms with Crippen molar-refractivity contribution in [2.45, 2.75) is 0 Å². The molecule has 0 bridgehead atoms. The van der Waals surface area contributed by atoms with E-state index in [9.17, 15) is 0 Å². The van der Waals surface area contributed by atoms with Crippen LogP contribution in [0.25, 0.3) is 22.2 Å². The summed E-state index contributed by atoms with van der Waals surface area (Å²) in [5, 5.41) is 1.20. The summed E-state index contributed by atoms with van der Waals surface area (Å²) >= 11 is 3.65. The molecule has 0 unspecified atom stereocenters. The summed E-state index contributed by atoms with van der Waals surface area (Å²) in [6.07, 6.45) is 0. The third-order valence-electron chi connectivity index (χ3n) is 3.59. The van der Waals surface area contributed by atoms with Crippen LogP contribution < -0.4 is 14.0 Å². The highest BCUT2D eigenvalue weighted by atomic mass is 79.9. The van der Waals surface area contributed by atoms with Crippen molar-refractivity contribution in [1.29, 1.82) is 0 Å². The minimum Gasteiger partial charge on any atom is -0.493 e. The molecule has 1 heterocycles. The van der Waals surface area contributed by atoms with Gasteiger partial charge in [-0.3, -0.25) is 0 Å². The van der Waals surface area contributed by atoms with E-state index in [0.717, 1.165) is 21.5 Å². The average Bonchev–Trinajstić information content (AvgIpc) is 2.66. The fourth-order valence-corrected chi connectivity index (χ4v) is 3.32. The molecule has 20 heavy (non-hydrogen) atoms. The van der Waals surface area contributed by atoms with Crippen LogP contribution >= 0.6 is 15.9 Å². The molecule has 0 amide bonds. The molecule has 0 saturated carbocycles. The standard InChI is InChI=1S/C16H15BrNO2/c1-18-13-7-5-4-6-10(13)11-8-14(19-2)15(20-3)9-12(17)16(11)18/h4-9H,1-3H3/q+1. The minimum absolute atomic E-state index is 0.708. The molecule has 1 aliphatic carbocycles. The Balaban J connectivity index is 2.51. The summed E-state index contributed by atoms with van der Waals surface area (Å²) in [6.45, 7) is 0. The number of rotatable bonds is 2. The predicted octanol–water partition coefficient (Wildman–Crippen LogP) is 3.55. The molecular formula is C16H15BrNO2+. The first-order chi connectivity index (χ1) is 9.67. The van der Waals surface area contributed by atoms with Crippen LogP contribution in [0, 0.1) is 0 Å². The second-order valence-electron chi connectivity index (χ2n) is 4.61. The highest BCUT2D eigenvalue weighted by molar-refractivity contribution is 9.10. The van der Waals surface area contributed by atoms with Gasteiger partial charge in [0.25, 0.3) is 0 Å². The molecule has 0 atom stereocenters. The largest absolute Gasteiger partial charge is 0.493 e. The van der Waals surface area contributed by atoms with Gasteiger partial charge < -0.3 is 9.47 Å². The maximum absolute atomic E-state index is 5.46. The summed E-state index contributed by atoms with van der Waals surface area (Å²) < 4.78 is 14.0. The minimum atomic E-state index is 0.708. The molecule has 0 aromatic heterocycles. The SMILES string of the molecule is COc1cc(Br)c2[n+](C)c3ccccc3c-2cc1OC. The van der Waals surface area contributed by atoms with Gasteiger partial charge in [-0.15, -0.1) is 0 Å². The number of halogens is 1. The Morgan fingerprint density at radius 1 is 1.00 bits per heavy atom. The maximum atomic E-state index is 5.46. The lowest BCUT2D eigenvalue weighted by atomic mass is 10.1. The van der Waals surface area contributed by atoms with Gasteiger partial charge in [0.05, 0.1) is 29.6 Å². The summed E-state index contributed by atoms with van der Waals surface area (Å²) in [5.74, 6) is 1.43. The van der Waals surface area contributed by atoms with Gasteiger partial charge in [-0.05, 0) is 28.1 Å². The Kier molecular flexibility index (Phi) is 3.26. The molecule has 4 heteroatoms. The van der Waals surface area contributed by atoms with E-state index < -0.39 is 0 Å². The molecule has 0 fully saturated rings. The number of ether oxygens (including phenoxy) is 2.